The first-order valence-electron chi connectivity index (χ1n) is 7.75. The fraction of sp³-hybridized carbons (Fsp3) is 0.235. The van der Waals surface area contributed by atoms with Crippen molar-refractivity contribution in [2.45, 2.75) is 19.4 Å². The highest BCUT2D eigenvalue weighted by atomic mass is 35.5. The molecule has 0 radical (unpaired) electrons. The molecule has 2 aromatic rings. The lowest BCUT2D eigenvalue weighted by Gasteiger charge is -2.30. The monoisotopic (exact) mass is 436 g/mol. The van der Waals surface area contributed by atoms with Crippen LogP contribution < -0.4 is 9.62 Å². The van der Waals surface area contributed by atoms with Gasteiger partial charge in [0.2, 0.25) is 15.9 Å². The fourth-order valence-electron chi connectivity index (χ4n) is 2.49. The normalized spacial score (nSPS) is 12.5. The number of halogens is 4. The van der Waals surface area contributed by atoms with E-state index >= 15 is 0 Å². The summed E-state index contributed by atoms with van der Waals surface area (Å²) in [5.41, 5.74) is 0.0296. The predicted molar refractivity (Wildman–Crippen MR) is 103 cm³/mol. The zero-order valence-electron chi connectivity index (χ0n) is 14.3. The Bertz CT molecular complexity index is 971. The Morgan fingerprint density at radius 3 is 2.37 bits per heavy atom. The van der Waals surface area contributed by atoms with Gasteiger partial charge in [-0.25, -0.2) is 17.2 Å². The van der Waals surface area contributed by atoms with E-state index in [2.05, 4.69) is 5.32 Å². The third-order valence-electron chi connectivity index (χ3n) is 3.66. The van der Waals surface area contributed by atoms with Crippen molar-refractivity contribution in [1.82, 2.24) is 0 Å². The van der Waals surface area contributed by atoms with Crippen LogP contribution in [0.3, 0.4) is 0 Å². The Morgan fingerprint density at radius 2 is 1.81 bits per heavy atom. The lowest BCUT2D eigenvalue weighted by molar-refractivity contribution is -0.117. The van der Waals surface area contributed by atoms with Gasteiger partial charge < -0.3 is 5.32 Å². The number of carbonyl (C=O) groups is 1. The molecule has 2 rings (SSSR count). The number of hydrogen-bond donors (Lipinski definition) is 1. The van der Waals surface area contributed by atoms with Crippen LogP contribution in [-0.2, 0) is 14.8 Å². The summed E-state index contributed by atoms with van der Waals surface area (Å²) in [7, 11) is -3.93. The second-order valence-corrected chi connectivity index (χ2v) is 8.40. The van der Waals surface area contributed by atoms with E-state index in [0.29, 0.717) is 0 Å². The molecule has 0 fully saturated rings. The molecule has 0 saturated heterocycles. The third-order valence-corrected chi connectivity index (χ3v) is 5.38. The smallest absolute Gasteiger partial charge is 0.248 e. The SMILES string of the molecule is CCC(C(=O)Nc1ccc(F)c(F)c1)N(c1cc(Cl)ccc1Cl)S(C)(=O)=O. The number of sulfonamides is 1. The minimum Gasteiger partial charge on any atom is -0.324 e. The Kier molecular flexibility index (Phi) is 6.67. The maximum Gasteiger partial charge on any atom is 0.248 e. The number of nitrogens with one attached hydrogen (secondary N) is 1. The van der Waals surface area contributed by atoms with Crippen molar-refractivity contribution < 1.29 is 22.0 Å². The summed E-state index contributed by atoms with van der Waals surface area (Å²) in [5.74, 6) is -2.94. The zero-order chi connectivity index (χ0) is 20.4. The summed E-state index contributed by atoms with van der Waals surface area (Å²) in [5, 5.41) is 2.71. The lowest BCUT2D eigenvalue weighted by Crippen LogP contribution is -2.47. The second-order valence-electron chi connectivity index (χ2n) is 5.70. The van der Waals surface area contributed by atoms with Crippen LogP contribution in [0.2, 0.25) is 10.0 Å². The van der Waals surface area contributed by atoms with Crippen molar-refractivity contribution in [3.05, 3.63) is 58.1 Å². The summed E-state index contributed by atoms with van der Waals surface area (Å²) in [4.78, 5) is 12.7. The molecule has 0 heterocycles. The standard InChI is InChI=1S/C17H16Cl2F2N2O3S/c1-3-15(17(24)22-11-5-7-13(20)14(21)9-11)23(27(2,25)26)16-8-10(18)4-6-12(16)19/h4-9,15H,3H2,1-2H3,(H,22,24). The first-order chi connectivity index (χ1) is 12.5. The number of amides is 1. The van der Waals surface area contributed by atoms with E-state index in [-0.39, 0.29) is 27.8 Å². The number of nitrogens with zero attached hydrogens (tertiary/aromatic N) is 1. The third kappa shape index (κ3) is 5.09. The van der Waals surface area contributed by atoms with Gasteiger partial charge in [0.15, 0.2) is 11.6 Å². The minimum absolute atomic E-state index is 0.0111. The van der Waals surface area contributed by atoms with Crippen LogP contribution in [0.15, 0.2) is 36.4 Å². The summed E-state index contributed by atoms with van der Waals surface area (Å²) < 4.78 is 52.0. The molecule has 5 nitrogen and oxygen atoms in total. The van der Waals surface area contributed by atoms with E-state index in [9.17, 15) is 22.0 Å². The highest BCUT2D eigenvalue weighted by molar-refractivity contribution is 7.92. The lowest BCUT2D eigenvalue weighted by atomic mass is 10.1. The van der Waals surface area contributed by atoms with Gasteiger partial charge in [-0.05, 0) is 36.8 Å². The molecule has 0 aliphatic heterocycles. The van der Waals surface area contributed by atoms with Crippen molar-refractivity contribution >= 4 is 50.5 Å². The average molecular weight is 437 g/mol. The first kappa shape index (κ1) is 21.4. The van der Waals surface area contributed by atoms with Gasteiger partial charge in [0, 0.05) is 16.8 Å². The highest BCUT2D eigenvalue weighted by Gasteiger charge is 2.33. The number of rotatable bonds is 6. The van der Waals surface area contributed by atoms with Crippen molar-refractivity contribution in [2.75, 3.05) is 15.9 Å². The van der Waals surface area contributed by atoms with E-state index in [0.717, 1.165) is 22.7 Å². The molecule has 0 spiro atoms. The van der Waals surface area contributed by atoms with Crippen LogP contribution in [0.5, 0.6) is 0 Å². The van der Waals surface area contributed by atoms with Gasteiger partial charge in [0.05, 0.1) is 17.0 Å². The largest absolute Gasteiger partial charge is 0.324 e. The van der Waals surface area contributed by atoms with Gasteiger partial charge in [0.1, 0.15) is 6.04 Å². The number of carbonyl (C=O) groups excluding carboxylic acids is 1. The van der Waals surface area contributed by atoms with Crippen LogP contribution in [-0.4, -0.2) is 26.6 Å². The second kappa shape index (κ2) is 8.41. The van der Waals surface area contributed by atoms with Gasteiger partial charge in [-0.1, -0.05) is 30.1 Å². The molecule has 1 unspecified atom stereocenters. The fourth-order valence-corrected chi connectivity index (χ4v) is 4.13. The van der Waals surface area contributed by atoms with Crippen LogP contribution in [0, 0.1) is 11.6 Å². The molecule has 2 aromatic carbocycles. The summed E-state index contributed by atoms with van der Waals surface area (Å²) in [6, 6.07) is 5.86. The maximum absolute atomic E-state index is 13.4. The molecule has 10 heteroatoms. The topological polar surface area (TPSA) is 66.5 Å². The first-order valence-corrected chi connectivity index (χ1v) is 10.4. The average Bonchev–Trinajstić information content (AvgIpc) is 2.57. The highest BCUT2D eigenvalue weighted by Crippen LogP contribution is 2.33. The maximum atomic E-state index is 13.4. The molecule has 1 amide bonds. The van der Waals surface area contributed by atoms with Gasteiger partial charge in [-0.3, -0.25) is 9.10 Å². The number of hydrogen-bond acceptors (Lipinski definition) is 3. The summed E-state index contributed by atoms with van der Waals surface area (Å²) >= 11 is 12.1. The number of benzene rings is 2. The van der Waals surface area contributed by atoms with Crippen LogP contribution >= 0.6 is 23.2 Å². The van der Waals surface area contributed by atoms with Crippen LogP contribution in [0.4, 0.5) is 20.2 Å². The van der Waals surface area contributed by atoms with Crippen LogP contribution in [0.1, 0.15) is 13.3 Å². The summed E-state index contributed by atoms with van der Waals surface area (Å²) in [6.07, 6.45) is 1.02. The molecule has 0 saturated carbocycles. The van der Waals surface area contributed by atoms with Crippen molar-refractivity contribution in [1.29, 1.82) is 0 Å². The van der Waals surface area contributed by atoms with E-state index in [4.69, 9.17) is 23.2 Å². The van der Waals surface area contributed by atoms with Gasteiger partial charge in [-0.15, -0.1) is 0 Å². The van der Waals surface area contributed by atoms with E-state index < -0.39 is 33.6 Å². The van der Waals surface area contributed by atoms with Gasteiger partial charge in [-0.2, -0.15) is 0 Å². The van der Waals surface area contributed by atoms with E-state index in [1.807, 2.05) is 0 Å². The molecule has 27 heavy (non-hydrogen) atoms. The summed E-state index contributed by atoms with van der Waals surface area (Å²) in [6.45, 7) is 1.60. The molecule has 1 atom stereocenters. The molecule has 0 aliphatic carbocycles. The molecular weight excluding hydrogens is 421 g/mol. The predicted octanol–water partition coefficient (Wildman–Crippen LogP) is 4.45. The van der Waals surface area contributed by atoms with Gasteiger partial charge >= 0.3 is 0 Å². The van der Waals surface area contributed by atoms with Crippen molar-refractivity contribution in [3.63, 3.8) is 0 Å². The van der Waals surface area contributed by atoms with E-state index in [1.54, 1.807) is 6.92 Å². The number of anilines is 2. The quantitative estimate of drug-likeness (QED) is 0.726. The van der Waals surface area contributed by atoms with Crippen molar-refractivity contribution in [2.24, 2.45) is 0 Å². The molecule has 1 N–H and O–H groups in total. The van der Waals surface area contributed by atoms with Gasteiger partial charge in [0.25, 0.3) is 0 Å². The Labute approximate surface area is 165 Å². The van der Waals surface area contributed by atoms with Crippen LogP contribution in [0.25, 0.3) is 0 Å². The Hall–Kier alpha value is -1.90. The molecule has 146 valence electrons. The zero-order valence-corrected chi connectivity index (χ0v) is 16.7. The molecule has 0 aromatic heterocycles. The van der Waals surface area contributed by atoms with Crippen molar-refractivity contribution in [3.8, 4) is 0 Å². The Balaban J connectivity index is 2.44. The Morgan fingerprint density at radius 1 is 1.15 bits per heavy atom. The minimum atomic E-state index is -3.93. The molecular formula is C17H16Cl2F2N2O3S. The molecule has 0 aliphatic rings. The van der Waals surface area contributed by atoms with E-state index in [1.165, 1.54) is 24.3 Å². The molecule has 0 bridgehead atoms.